The summed E-state index contributed by atoms with van der Waals surface area (Å²) in [5, 5.41) is 6.28. The van der Waals surface area contributed by atoms with Gasteiger partial charge in [-0.15, -0.1) is 0 Å². The van der Waals surface area contributed by atoms with Crippen LogP contribution in [0.4, 0.5) is 11.5 Å². The Bertz CT molecular complexity index is 1040. The Morgan fingerprint density at radius 2 is 1.77 bits per heavy atom. The second kappa shape index (κ2) is 7.01. The van der Waals surface area contributed by atoms with Crippen molar-refractivity contribution in [3.63, 3.8) is 0 Å². The van der Waals surface area contributed by atoms with Crippen molar-refractivity contribution in [2.45, 2.75) is 18.7 Å². The van der Waals surface area contributed by atoms with Crippen LogP contribution in [0, 0.1) is 13.8 Å². The number of amides is 1. The molecule has 0 unspecified atom stereocenters. The number of benzene rings is 2. The maximum Gasteiger partial charge on any atom is 0.261 e. The second-order valence-corrected chi connectivity index (χ2v) is 7.46. The molecule has 2 aromatic carbocycles. The first-order valence-corrected chi connectivity index (χ1v) is 9.26. The van der Waals surface area contributed by atoms with Crippen LogP contribution in [0.2, 0.25) is 0 Å². The fourth-order valence-corrected chi connectivity index (χ4v) is 3.32. The molecule has 134 valence electrons. The van der Waals surface area contributed by atoms with Gasteiger partial charge in [0.1, 0.15) is 5.76 Å². The first kappa shape index (κ1) is 17.7. The third-order valence-electron chi connectivity index (χ3n) is 3.58. The van der Waals surface area contributed by atoms with Crippen LogP contribution >= 0.6 is 0 Å². The van der Waals surface area contributed by atoms with Gasteiger partial charge in [-0.3, -0.25) is 9.52 Å². The normalized spacial score (nSPS) is 11.2. The molecule has 0 aliphatic rings. The zero-order chi connectivity index (χ0) is 18.7. The third-order valence-corrected chi connectivity index (χ3v) is 4.98. The number of sulfonamides is 1. The minimum absolute atomic E-state index is 0.149. The van der Waals surface area contributed by atoms with Crippen molar-refractivity contribution in [3.05, 3.63) is 71.5 Å². The van der Waals surface area contributed by atoms with Gasteiger partial charge in [0, 0.05) is 17.3 Å². The Kier molecular flexibility index (Phi) is 4.77. The van der Waals surface area contributed by atoms with E-state index in [2.05, 4.69) is 15.2 Å². The van der Waals surface area contributed by atoms with Crippen LogP contribution in [0.1, 0.15) is 21.7 Å². The van der Waals surface area contributed by atoms with E-state index in [0.29, 0.717) is 5.76 Å². The average molecular weight is 371 g/mol. The number of carbonyl (C=O) groups is 1. The smallest absolute Gasteiger partial charge is 0.261 e. The van der Waals surface area contributed by atoms with Crippen molar-refractivity contribution in [1.82, 2.24) is 5.16 Å². The third kappa shape index (κ3) is 4.09. The lowest BCUT2D eigenvalue weighted by Crippen LogP contribution is -2.15. The van der Waals surface area contributed by atoms with Crippen molar-refractivity contribution < 1.29 is 17.7 Å². The molecule has 0 saturated carbocycles. The summed E-state index contributed by atoms with van der Waals surface area (Å²) >= 11 is 0. The highest BCUT2D eigenvalue weighted by molar-refractivity contribution is 7.92. The van der Waals surface area contributed by atoms with Gasteiger partial charge < -0.3 is 9.84 Å². The Morgan fingerprint density at radius 3 is 2.42 bits per heavy atom. The highest BCUT2D eigenvalue weighted by Crippen LogP contribution is 2.18. The summed E-state index contributed by atoms with van der Waals surface area (Å²) in [6.45, 7) is 3.59. The summed E-state index contributed by atoms with van der Waals surface area (Å²) in [6.07, 6.45) is 0. The van der Waals surface area contributed by atoms with E-state index >= 15 is 0 Å². The molecule has 0 fully saturated rings. The molecule has 0 atom stereocenters. The van der Waals surface area contributed by atoms with E-state index in [1.807, 2.05) is 6.92 Å². The molecule has 3 aromatic rings. The molecule has 0 aliphatic heterocycles. The van der Waals surface area contributed by atoms with Gasteiger partial charge in [-0.25, -0.2) is 8.42 Å². The standard InChI is InChI=1S/C18H17N3O4S/c1-12-6-8-16(9-7-12)26(23,24)21-15-5-3-4-14(11-15)18(22)19-17-10-13(2)25-20-17/h3-11,21H,1-2H3,(H,19,20,22). The predicted molar refractivity (Wildman–Crippen MR) is 97.6 cm³/mol. The summed E-state index contributed by atoms with van der Waals surface area (Å²) in [6, 6.07) is 14.3. The number of rotatable bonds is 5. The zero-order valence-electron chi connectivity index (χ0n) is 14.2. The number of aryl methyl sites for hydroxylation is 2. The highest BCUT2D eigenvalue weighted by atomic mass is 32.2. The highest BCUT2D eigenvalue weighted by Gasteiger charge is 2.15. The molecule has 26 heavy (non-hydrogen) atoms. The van der Waals surface area contributed by atoms with Crippen LogP contribution in [-0.2, 0) is 10.0 Å². The monoisotopic (exact) mass is 371 g/mol. The van der Waals surface area contributed by atoms with Crippen LogP contribution in [0.25, 0.3) is 0 Å². The van der Waals surface area contributed by atoms with Crippen LogP contribution < -0.4 is 10.0 Å². The molecular weight excluding hydrogens is 354 g/mol. The molecular formula is C18H17N3O4S. The Balaban J connectivity index is 1.78. The fourth-order valence-electron chi connectivity index (χ4n) is 2.27. The van der Waals surface area contributed by atoms with Crippen molar-refractivity contribution >= 4 is 27.4 Å². The maximum absolute atomic E-state index is 12.5. The van der Waals surface area contributed by atoms with E-state index in [4.69, 9.17) is 4.52 Å². The summed E-state index contributed by atoms with van der Waals surface area (Å²) < 4.78 is 32.3. The summed E-state index contributed by atoms with van der Waals surface area (Å²) in [5.74, 6) is 0.438. The van der Waals surface area contributed by atoms with Crippen LogP contribution in [0.5, 0.6) is 0 Å². The first-order chi connectivity index (χ1) is 12.3. The van der Waals surface area contributed by atoms with E-state index in [9.17, 15) is 13.2 Å². The lowest BCUT2D eigenvalue weighted by molar-refractivity contribution is 0.102. The first-order valence-electron chi connectivity index (χ1n) is 7.78. The fraction of sp³-hybridized carbons (Fsp3) is 0.111. The van der Waals surface area contributed by atoms with E-state index < -0.39 is 15.9 Å². The van der Waals surface area contributed by atoms with Gasteiger partial charge in [-0.2, -0.15) is 0 Å². The Morgan fingerprint density at radius 1 is 1.04 bits per heavy atom. The van der Waals surface area contributed by atoms with Crippen LogP contribution in [0.15, 0.2) is 64.0 Å². The molecule has 1 heterocycles. The van der Waals surface area contributed by atoms with E-state index in [0.717, 1.165) is 5.56 Å². The molecule has 3 rings (SSSR count). The van der Waals surface area contributed by atoms with Gasteiger partial charge in [-0.05, 0) is 44.2 Å². The minimum Gasteiger partial charge on any atom is -0.360 e. The molecule has 2 N–H and O–H groups in total. The number of carbonyl (C=O) groups excluding carboxylic acids is 1. The van der Waals surface area contributed by atoms with Gasteiger partial charge >= 0.3 is 0 Å². The van der Waals surface area contributed by atoms with Gasteiger partial charge in [0.05, 0.1) is 4.90 Å². The topological polar surface area (TPSA) is 101 Å². The molecule has 1 amide bonds. The summed E-state index contributed by atoms with van der Waals surface area (Å²) in [4.78, 5) is 12.4. The lowest BCUT2D eigenvalue weighted by Gasteiger charge is -2.09. The molecule has 1 aromatic heterocycles. The quantitative estimate of drug-likeness (QED) is 0.716. The Labute approximate surface area is 151 Å². The number of nitrogens with zero attached hydrogens (tertiary/aromatic N) is 1. The molecule has 8 heteroatoms. The van der Waals surface area contributed by atoms with Crippen LogP contribution in [0.3, 0.4) is 0 Å². The van der Waals surface area contributed by atoms with Gasteiger partial charge in [0.25, 0.3) is 15.9 Å². The van der Waals surface area contributed by atoms with Crippen molar-refractivity contribution in [2.24, 2.45) is 0 Å². The lowest BCUT2D eigenvalue weighted by atomic mass is 10.2. The molecule has 0 bridgehead atoms. The van der Waals surface area contributed by atoms with Crippen molar-refractivity contribution in [1.29, 1.82) is 0 Å². The van der Waals surface area contributed by atoms with Crippen molar-refractivity contribution in [3.8, 4) is 0 Å². The molecule has 0 aliphatic carbocycles. The van der Waals surface area contributed by atoms with E-state index in [1.54, 1.807) is 43.3 Å². The largest absolute Gasteiger partial charge is 0.360 e. The van der Waals surface area contributed by atoms with Gasteiger partial charge in [0.2, 0.25) is 0 Å². The number of hydrogen-bond donors (Lipinski definition) is 2. The number of aromatic nitrogens is 1. The molecule has 0 saturated heterocycles. The zero-order valence-corrected chi connectivity index (χ0v) is 15.0. The number of anilines is 2. The molecule has 0 spiro atoms. The van der Waals surface area contributed by atoms with E-state index in [-0.39, 0.29) is 22.0 Å². The summed E-state index contributed by atoms with van der Waals surface area (Å²) in [5.41, 5.74) is 1.54. The van der Waals surface area contributed by atoms with Crippen LogP contribution in [-0.4, -0.2) is 19.5 Å². The molecule has 7 nitrogen and oxygen atoms in total. The number of hydrogen-bond acceptors (Lipinski definition) is 5. The minimum atomic E-state index is -3.74. The summed E-state index contributed by atoms with van der Waals surface area (Å²) in [7, 11) is -3.74. The predicted octanol–water partition coefficient (Wildman–Crippen LogP) is 3.34. The SMILES string of the molecule is Cc1ccc(S(=O)(=O)Nc2cccc(C(=O)Nc3cc(C)on3)c2)cc1. The Hall–Kier alpha value is -3.13. The second-order valence-electron chi connectivity index (χ2n) is 5.78. The average Bonchev–Trinajstić information content (AvgIpc) is 3.00. The van der Waals surface area contributed by atoms with Gasteiger partial charge in [-0.1, -0.05) is 28.9 Å². The van der Waals surface area contributed by atoms with Gasteiger partial charge in [0.15, 0.2) is 5.82 Å². The number of nitrogens with one attached hydrogen (secondary N) is 2. The molecule has 0 radical (unpaired) electrons. The maximum atomic E-state index is 12.5. The van der Waals surface area contributed by atoms with Crippen molar-refractivity contribution in [2.75, 3.05) is 10.0 Å². The van der Waals surface area contributed by atoms with E-state index in [1.165, 1.54) is 18.2 Å².